The Hall–Kier alpha value is -10.4. The molecule has 0 atom stereocenters. The normalized spacial score (nSPS) is 11.9. The Bertz CT molecular complexity index is 4930. The van der Waals surface area contributed by atoms with E-state index in [0.717, 1.165) is 87.9 Å². The molecule has 0 spiro atoms. The molecule has 0 N–H and O–H groups in total. The molecule has 12 aromatic carbocycles. The lowest BCUT2D eigenvalue weighted by atomic mass is 10.00. The molecule has 0 saturated heterocycles. The van der Waals surface area contributed by atoms with Crippen LogP contribution < -0.4 is 0 Å². The molecular formula is C71H44N6. The standard InChI is InChI=1S/C71H44N6/c1-2-17-45(18-3-1)46-35-37-47(38-36-46)50-23-14-24-51(43-50)75-62-33-12-9-28-59(62)67-64(75)41-42-65-68(67)60-29-10-13-34-63(60)76(65)52-39-40-56-55-27-8-11-32-61(55)77(66(56)44-52)71-73-69(57-30-15-21-48-19-4-6-25-53(48)57)72-70(74-71)58-31-16-22-49-20-5-7-26-54(49)58/h1-44H. The first-order chi connectivity index (χ1) is 38.2. The lowest BCUT2D eigenvalue weighted by molar-refractivity contribution is 0.954. The lowest BCUT2D eigenvalue weighted by Gasteiger charge is -2.14. The molecule has 6 heteroatoms. The average molecular weight is 981 g/mol. The molecule has 16 aromatic rings. The maximum Gasteiger partial charge on any atom is 0.238 e. The van der Waals surface area contributed by atoms with E-state index in [1.807, 2.05) is 0 Å². The van der Waals surface area contributed by atoms with E-state index in [4.69, 9.17) is 15.0 Å². The molecule has 4 aromatic heterocycles. The largest absolute Gasteiger partial charge is 0.309 e. The van der Waals surface area contributed by atoms with Gasteiger partial charge in [-0.15, -0.1) is 0 Å². The van der Waals surface area contributed by atoms with Crippen molar-refractivity contribution < 1.29 is 0 Å². The van der Waals surface area contributed by atoms with Crippen LogP contribution in [0.5, 0.6) is 0 Å². The summed E-state index contributed by atoms with van der Waals surface area (Å²) in [6.45, 7) is 0. The van der Waals surface area contributed by atoms with Crippen LogP contribution in [0.15, 0.2) is 267 Å². The second-order valence-electron chi connectivity index (χ2n) is 19.9. The first-order valence-corrected chi connectivity index (χ1v) is 26.2. The van der Waals surface area contributed by atoms with E-state index in [2.05, 4.69) is 281 Å². The van der Waals surface area contributed by atoms with Crippen LogP contribution in [0.3, 0.4) is 0 Å². The topological polar surface area (TPSA) is 53.5 Å². The summed E-state index contributed by atoms with van der Waals surface area (Å²) in [5, 5.41) is 11.5. The number of rotatable bonds is 7. The van der Waals surface area contributed by atoms with Gasteiger partial charge < -0.3 is 9.13 Å². The number of nitrogens with zero attached hydrogens (tertiary/aromatic N) is 6. The molecule has 0 aliphatic rings. The molecule has 16 rings (SSSR count). The smallest absolute Gasteiger partial charge is 0.238 e. The Morgan fingerprint density at radius 3 is 1.26 bits per heavy atom. The van der Waals surface area contributed by atoms with E-state index in [1.54, 1.807) is 0 Å². The molecule has 77 heavy (non-hydrogen) atoms. The van der Waals surface area contributed by atoms with Crippen LogP contribution in [-0.2, 0) is 0 Å². The lowest BCUT2D eigenvalue weighted by Crippen LogP contribution is -2.07. The molecule has 0 aliphatic heterocycles. The zero-order chi connectivity index (χ0) is 50.6. The van der Waals surface area contributed by atoms with Crippen molar-refractivity contribution in [3.8, 4) is 62.4 Å². The molecule has 0 amide bonds. The fourth-order valence-corrected chi connectivity index (χ4v) is 12.2. The molecule has 4 heterocycles. The van der Waals surface area contributed by atoms with Crippen molar-refractivity contribution in [2.45, 2.75) is 0 Å². The minimum Gasteiger partial charge on any atom is -0.309 e. The Kier molecular flexibility index (Phi) is 9.53. The molecule has 358 valence electrons. The molecule has 0 aliphatic carbocycles. The summed E-state index contributed by atoms with van der Waals surface area (Å²) in [4.78, 5) is 16.2. The first-order valence-electron chi connectivity index (χ1n) is 26.2. The summed E-state index contributed by atoms with van der Waals surface area (Å²) in [6.07, 6.45) is 0. The van der Waals surface area contributed by atoms with Crippen molar-refractivity contribution >= 4 is 87.0 Å². The van der Waals surface area contributed by atoms with Gasteiger partial charge in [0.2, 0.25) is 5.95 Å². The highest BCUT2D eigenvalue weighted by Crippen LogP contribution is 2.44. The van der Waals surface area contributed by atoms with Crippen LogP contribution in [0.1, 0.15) is 0 Å². The number of benzene rings is 12. The third-order valence-electron chi connectivity index (χ3n) is 15.7. The molecule has 0 unspecified atom stereocenters. The van der Waals surface area contributed by atoms with Crippen molar-refractivity contribution in [3.63, 3.8) is 0 Å². The highest BCUT2D eigenvalue weighted by molar-refractivity contribution is 6.29. The maximum atomic E-state index is 5.45. The van der Waals surface area contributed by atoms with Gasteiger partial charge in [-0.2, -0.15) is 9.97 Å². The van der Waals surface area contributed by atoms with Crippen molar-refractivity contribution in [1.82, 2.24) is 28.7 Å². The summed E-state index contributed by atoms with van der Waals surface area (Å²) in [5.74, 6) is 1.79. The van der Waals surface area contributed by atoms with Gasteiger partial charge in [-0.05, 0) is 98.4 Å². The van der Waals surface area contributed by atoms with Crippen LogP contribution in [0.25, 0.3) is 149 Å². The Morgan fingerprint density at radius 1 is 0.234 bits per heavy atom. The van der Waals surface area contributed by atoms with Crippen molar-refractivity contribution in [3.05, 3.63) is 267 Å². The SMILES string of the molecule is c1ccc(-c2ccc(-c3cccc(-n4c5ccccc5c5c6c7ccccc7n(-c7ccc8c9ccccc9n(-c9nc(-c%10cccc%11ccccc%10%11)nc(-c%10cccc%11ccccc%10%11)n9)c8c7)c6ccc54)c3)cc2)cc1. The van der Waals surface area contributed by atoms with Gasteiger partial charge in [0.25, 0.3) is 0 Å². The van der Waals surface area contributed by atoms with E-state index < -0.39 is 0 Å². The van der Waals surface area contributed by atoms with Crippen LogP contribution in [-0.4, -0.2) is 28.7 Å². The van der Waals surface area contributed by atoms with Gasteiger partial charge in [-0.3, -0.25) is 4.57 Å². The molecule has 0 bridgehead atoms. The molecular weight excluding hydrogens is 937 g/mol. The Morgan fingerprint density at radius 2 is 0.662 bits per heavy atom. The van der Waals surface area contributed by atoms with Gasteiger partial charge in [-0.1, -0.05) is 212 Å². The fraction of sp³-hybridized carbons (Fsp3) is 0. The van der Waals surface area contributed by atoms with Gasteiger partial charge in [0.15, 0.2) is 11.6 Å². The first kappa shape index (κ1) is 43.0. The highest BCUT2D eigenvalue weighted by Gasteiger charge is 2.24. The summed E-state index contributed by atoms with van der Waals surface area (Å²) >= 11 is 0. The molecule has 0 fully saturated rings. The predicted octanol–water partition coefficient (Wildman–Crippen LogP) is 18.1. The maximum absolute atomic E-state index is 5.45. The van der Waals surface area contributed by atoms with Gasteiger partial charge in [-0.25, -0.2) is 4.98 Å². The summed E-state index contributed by atoms with van der Waals surface area (Å²) in [5.41, 5.74) is 15.4. The minimum absolute atomic E-state index is 0.555. The Balaban J connectivity index is 0.906. The van der Waals surface area contributed by atoms with Gasteiger partial charge >= 0.3 is 0 Å². The van der Waals surface area contributed by atoms with Crippen molar-refractivity contribution in [1.29, 1.82) is 0 Å². The number of fused-ring (bicyclic) bond motifs is 12. The average Bonchev–Trinajstić information content (AvgIpc) is 4.36. The van der Waals surface area contributed by atoms with Crippen molar-refractivity contribution in [2.75, 3.05) is 0 Å². The second kappa shape index (κ2) is 17.1. The van der Waals surface area contributed by atoms with Crippen molar-refractivity contribution in [2.24, 2.45) is 0 Å². The predicted molar refractivity (Wildman–Crippen MR) is 320 cm³/mol. The monoisotopic (exact) mass is 980 g/mol. The van der Waals surface area contributed by atoms with E-state index >= 15 is 0 Å². The van der Waals surface area contributed by atoms with Gasteiger partial charge in [0.05, 0.1) is 33.1 Å². The zero-order valence-electron chi connectivity index (χ0n) is 41.6. The number of hydrogen-bond donors (Lipinski definition) is 0. The molecule has 6 nitrogen and oxygen atoms in total. The number of para-hydroxylation sites is 3. The van der Waals surface area contributed by atoms with Gasteiger partial charge in [0.1, 0.15) is 0 Å². The van der Waals surface area contributed by atoms with E-state index in [1.165, 1.54) is 43.8 Å². The third-order valence-corrected chi connectivity index (χ3v) is 15.7. The number of aromatic nitrogens is 6. The summed E-state index contributed by atoms with van der Waals surface area (Å²) in [6, 6.07) is 95.9. The van der Waals surface area contributed by atoms with Crippen LogP contribution in [0.2, 0.25) is 0 Å². The zero-order valence-corrected chi connectivity index (χ0v) is 41.6. The van der Waals surface area contributed by atoms with Crippen LogP contribution in [0.4, 0.5) is 0 Å². The van der Waals surface area contributed by atoms with Crippen LogP contribution in [0, 0.1) is 0 Å². The van der Waals surface area contributed by atoms with E-state index in [-0.39, 0.29) is 0 Å². The molecule has 0 radical (unpaired) electrons. The fourth-order valence-electron chi connectivity index (χ4n) is 12.2. The third kappa shape index (κ3) is 6.72. The van der Waals surface area contributed by atoms with Gasteiger partial charge in [0, 0.05) is 54.8 Å². The summed E-state index contributed by atoms with van der Waals surface area (Å²) < 4.78 is 7.12. The highest BCUT2D eigenvalue weighted by atomic mass is 15.2. The Labute approximate surface area is 442 Å². The van der Waals surface area contributed by atoms with E-state index in [0.29, 0.717) is 17.6 Å². The number of hydrogen-bond acceptors (Lipinski definition) is 3. The van der Waals surface area contributed by atoms with E-state index in [9.17, 15) is 0 Å². The summed E-state index contributed by atoms with van der Waals surface area (Å²) in [7, 11) is 0. The molecule has 0 saturated carbocycles. The minimum atomic E-state index is 0.555. The second-order valence-corrected chi connectivity index (χ2v) is 19.9. The quantitative estimate of drug-likeness (QED) is 0.160. The van der Waals surface area contributed by atoms with Crippen LogP contribution >= 0.6 is 0 Å².